The molecule has 214 valence electrons. The molecule has 0 saturated carbocycles. The summed E-state index contributed by atoms with van der Waals surface area (Å²) in [7, 11) is 0. The van der Waals surface area contributed by atoms with Gasteiger partial charge in [0.15, 0.2) is 0 Å². The fourth-order valence-corrected chi connectivity index (χ4v) is 5.52. The van der Waals surface area contributed by atoms with E-state index in [9.17, 15) is 4.79 Å². The third kappa shape index (κ3) is 23.6. The summed E-state index contributed by atoms with van der Waals surface area (Å²) in [6.45, 7) is 15.5. The molecule has 0 heterocycles. The molecule has 0 aromatic heterocycles. The Labute approximate surface area is 227 Å². The molecular formula is C34H66O2. The van der Waals surface area contributed by atoms with Crippen LogP contribution in [0, 0.1) is 17.8 Å². The summed E-state index contributed by atoms with van der Waals surface area (Å²) in [6, 6.07) is 0. The Hall–Kier alpha value is -0.790. The van der Waals surface area contributed by atoms with Crippen LogP contribution in [0.15, 0.2) is 12.2 Å². The fourth-order valence-electron chi connectivity index (χ4n) is 5.52. The lowest BCUT2D eigenvalue weighted by Crippen LogP contribution is -2.15. The summed E-state index contributed by atoms with van der Waals surface area (Å²) in [5, 5.41) is 0. The van der Waals surface area contributed by atoms with Crippen molar-refractivity contribution < 1.29 is 9.53 Å². The van der Waals surface area contributed by atoms with E-state index in [2.05, 4.69) is 34.3 Å². The van der Waals surface area contributed by atoms with E-state index in [1.807, 2.05) is 0 Å². The Kier molecular flexibility index (Phi) is 25.3. The number of hydrogen-bond acceptors (Lipinski definition) is 2. The Balaban J connectivity index is 3.91. The molecule has 3 unspecified atom stereocenters. The van der Waals surface area contributed by atoms with E-state index in [0.717, 1.165) is 11.8 Å². The second-order valence-electron chi connectivity index (χ2n) is 12.1. The van der Waals surface area contributed by atoms with Crippen LogP contribution >= 0.6 is 0 Å². The topological polar surface area (TPSA) is 26.3 Å². The normalized spacial score (nSPS) is 13.9. The first-order valence-electron chi connectivity index (χ1n) is 16.2. The average Bonchev–Trinajstić information content (AvgIpc) is 2.84. The van der Waals surface area contributed by atoms with Crippen molar-refractivity contribution in [3.63, 3.8) is 0 Å². The zero-order chi connectivity index (χ0) is 26.9. The van der Waals surface area contributed by atoms with Crippen molar-refractivity contribution in [3.8, 4) is 0 Å². The van der Waals surface area contributed by atoms with Crippen LogP contribution in [0.25, 0.3) is 0 Å². The third-order valence-electron chi connectivity index (χ3n) is 7.98. The van der Waals surface area contributed by atoms with Gasteiger partial charge in [-0.05, 0) is 37.5 Å². The van der Waals surface area contributed by atoms with Crippen LogP contribution in [-0.2, 0) is 9.53 Å². The number of carbonyl (C=O) groups excluding carboxylic acids is 1. The minimum atomic E-state index is -0.221. The van der Waals surface area contributed by atoms with Crippen LogP contribution in [0.3, 0.4) is 0 Å². The highest BCUT2D eigenvalue weighted by atomic mass is 16.5. The fraction of sp³-hybridized carbons (Fsp3) is 0.912. The maximum atomic E-state index is 11.9. The molecule has 0 aliphatic heterocycles. The van der Waals surface area contributed by atoms with Gasteiger partial charge in [0.25, 0.3) is 0 Å². The van der Waals surface area contributed by atoms with Gasteiger partial charge < -0.3 is 4.74 Å². The van der Waals surface area contributed by atoms with E-state index < -0.39 is 0 Å². The monoisotopic (exact) mass is 507 g/mol. The van der Waals surface area contributed by atoms with Crippen molar-refractivity contribution in [1.29, 1.82) is 0 Å². The van der Waals surface area contributed by atoms with Crippen LogP contribution in [0.2, 0.25) is 0 Å². The molecule has 0 amide bonds. The van der Waals surface area contributed by atoms with Crippen LogP contribution in [0.4, 0.5) is 0 Å². The van der Waals surface area contributed by atoms with Crippen molar-refractivity contribution >= 4 is 5.97 Å². The highest BCUT2D eigenvalue weighted by molar-refractivity contribution is 5.86. The molecule has 0 spiro atoms. The summed E-state index contributed by atoms with van der Waals surface area (Å²) < 4.78 is 5.54. The summed E-state index contributed by atoms with van der Waals surface area (Å²) in [4.78, 5) is 11.9. The van der Waals surface area contributed by atoms with E-state index in [-0.39, 0.29) is 5.97 Å². The average molecular weight is 507 g/mol. The number of hydrogen-bond donors (Lipinski definition) is 0. The molecule has 0 aromatic carbocycles. The second kappa shape index (κ2) is 25.8. The minimum absolute atomic E-state index is 0.221. The number of rotatable bonds is 27. The highest BCUT2D eigenvalue weighted by Crippen LogP contribution is 2.21. The van der Waals surface area contributed by atoms with Gasteiger partial charge in [-0.25, -0.2) is 4.79 Å². The predicted octanol–water partition coefficient (Wildman–Crippen LogP) is 11.6. The standard InChI is InChI=1S/C34H66O2/c1-7-23-31(5)25-19-15-11-9-10-12-17-21-27-33(29-36-34(35)30(3)4)28-22-18-14-13-16-20-26-32(6)24-8-2/h31-33H,3,7-29H2,1-2,4-6H3. The van der Waals surface area contributed by atoms with E-state index in [4.69, 9.17) is 4.74 Å². The van der Waals surface area contributed by atoms with Crippen molar-refractivity contribution in [1.82, 2.24) is 0 Å². The van der Waals surface area contributed by atoms with Gasteiger partial charge in [0.2, 0.25) is 0 Å². The molecule has 2 nitrogen and oxygen atoms in total. The zero-order valence-corrected chi connectivity index (χ0v) is 25.5. The summed E-state index contributed by atoms with van der Waals surface area (Å²) in [6.07, 6.45) is 29.8. The largest absolute Gasteiger partial charge is 0.462 e. The second-order valence-corrected chi connectivity index (χ2v) is 12.1. The van der Waals surface area contributed by atoms with E-state index in [1.54, 1.807) is 6.92 Å². The summed E-state index contributed by atoms with van der Waals surface area (Å²) in [5.41, 5.74) is 0.516. The molecule has 0 bridgehead atoms. The molecule has 2 heteroatoms. The summed E-state index contributed by atoms with van der Waals surface area (Å²) in [5.74, 6) is 2.12. The van der Waals surface area contributed by atoms with E-state index >= 15 is 0 Å². The van der Waals surface area contributed by atoms with Crippen molar-refractivity contribution in [2.75, 3.05) is 6.61 Å². The zero-order valence-electron chi connectivity index (χ0n) is 25.5. The number of esters is 1. The van der Waals surface area contributed by atoms with E-state index in [1.165, 1.54) is 141 Å². The van der Waals surface area contributed by atoms with Gasteiger partial charge in [0.05, 0.1) is 6.61 Å². The predicted molar refractivity (Wildman–Crippen MR) is 161 cm³/mol. The molecular weight excluding hydrogens is 440 g/mol. The van der Waals surface area contributed by atoms with Crippen LogP contribution in [-0.4, -0.2) is 12.6 Å². The van der Waals surface area contributed by atoms with Crippen molar-refractivity contribution in [2.45, 2.75) is 176 Å². The highest BCUT2D eigenvalue weighted by Gasteiger charge is 2.12. The van der Waals surface area contributed by atoms with Gasteiger partial charge in [-0.15, -0.1) is 0 Å². The molecule has 3 atom stereocenters. The lowest BCUT2D eigenvalue weighted by atomic mass is 9.94. The van der Waals surface area contributed by atoms with Gasteiger partial charge in [0, 0.05) is 5.57 Å². The van der Waals surface area contributed by atoms with Crippen molar-refractivity contribution in [3.05, 3.63) is 12.2 Å². The molecule has 0 aliphatic rings. The smallest absolute Gasteiger partial charge is 0.333 e. The number of unbranched alkanes of at least 4 members (excludes halogenated alkanes) is 12. The first-order chi connectivity index (χ1) is 17.4. The Morgan fingerprint density at radius 3 is 1.25 bits per heavy atom. The first-order valence-corrected chi connectivity index (χ1v) is 16.2. The number of ether oxygens (including phenoxy) is 1. The SMILES string of the molecule is C=C(C)C(=O)OCC(CCCCCCCCCCC(C)CCC)CCCCCCCCC(C)CCC. The molecule has 0 aliphatic carbocycles. The molecule has 0 fully saturated rings. The van der Waals surface area contributed by atoms with Crippen LogP contribution in [0.1, 0.15) is 176 Å². The maximum absolute atomic E-state index is 11.9. The molecule has 0 radical (unpaired) electrons. The van der Waals surface area contributed by atoms with Gasteiger partial charge in [-0.1, -0.05) is 163 Å². The minimum Gasteiger partial charge on any atom is -0.462 e. The molecule has 0 rings (SSSR count). The first kappa shape index (κ1) is 35.2. The number of carbonyl (C=O) groups is 1. The molecule has 0 aromatic rings. The van der Waals surface area contributed by atoms with Crippen LogP contribution in [0.5, 0.6) is 0 Å². The van der Waals surface area contributed by atoms with E-state index in [0.29, 0.717) is 18.1 Å². The Morgan fingerprint density at radius 2 is 0.917 bits per heavy atom. The lowest BCUT2D eigenvalue weighted by Gasteiger charge is -2.17. The van der Waals surface area contributed by atoms with Gasteiger partial charge in [0.1, 0.15) is 0 Å². The lowest BCUT2D eigenvalue weighted by molar-refractivity contribution is -0.140. The van der Waals surface area contributed by atoms with Gasteiger partial charge in [-0.2, -0.15) is 0 Å². The van der Waals surface area contributed by atoms with Crippen LogP contribution < -0.4 is 0 Å². The van der Waals surface area contributed by atoms with Gasteiger partial charge in [-0.3, -0.25) is 0 Å². The molecule has 0 N–H and O–H groups in total. The molecule has 36 heavy (non-hydrogen) atoms. The van der Waals surface area contributed by atoms with Crippen molar-refractivity contribution in [2.24, 2.45) is 17.8 Å². The Morgan fingerprint density at radius 1 is 0.583 bits per heavy atom. The quantitative estimate of drug-likeness (QED) is 0.0629. The molecule has 0 saturated heterocycles. The summed E-state index contributed by atoms with van der Waals surface area (Å²) >= 11 is 0. The Bertz CT molecular complexity index is 497. The maximum Gasteiger partial charge on any atom is 0.333 e. The van der Waals surface area contributed by atoms with Gasteiger partial charge >= 0.3 is 5.97 Å². The third-order valence-corrected chi connectivity index (χ3v) is 7.98.